The van der Waals surface area contributed by atoms with Gasteiger partial charge in [-0.05, 0) is 25.7 Å². The lowest BCUT2D eigenvalue weighted by molar-refractivity contribution is 0.0468. The van der Waals surface area contributed by atoms with E-state index in [2.05, 4.69) is 4.90 Å². The van der Waals surface area contributed by atoms with E-state index < -0.39 is 10.0 Å². The maximum Gasteiger partial charge on any atom is 0.211 e. The molecule has 1 saturated heterocycles. The van der Waals surface area contributed by atoms with Gasteiger partial charge in [-0.3, -0.25) is 4.90 Å². The summed E-state index contributed by atoms with van der Waals surface area (Å²) in [6.07, 6.45) is 5.08. The summed E-state index contributed by atoms with van der Waals surface area (Å²) in [4.78, 5) is 2.34. The van der Waals surface area contributed by atoms with Crippen LogP contribution in [0.25, 0.3) is 0 Å². The number of hydrogen-bond acceptors (Lipinski definition) is 4. The van der Waals surface area contributed by atoms with E-state index in [1.165, 1.54) is 6.26 Å². The zero-order chi connectivity index (χ0) is 12.5. The monoisotopic (exact) mass is 262 g/mol. The summed E-state index contributed by atoms with van der Waals surface area (Å²) in [5, 5.41) is 9.66. The van der Waals surface area contributed by atoms with Crippen molar-refractivity contribution in [3.8, 4) is 0 Å². The van der Waals surface area contributed by atoms with Gasteiger partial charge < -0.3 is 5.11 Å². The minimum Gasteiger partial charge on any atom is -0.393 e. The van der Waals surface area contributed by atoms with Crippen LogP contribution in [-0.4, -0.2) is 67.3 Å². The molecule has 100 valence electrons. The first-order valence-electron chi connectivity index (χ1n) is 6.34. The summed E-state index contributed by atoms with van der Waals surface area (Å²) in [6, 6.07) is 0.445. The van der Waals surface area contributed by atoms with Crippen molar-refractivity contribution in [2.45, 2.75) is 37.8 Å². The molecule has 0 aromatic heterocycles. The largest absolute Gasteiger partial charge is 0.393 e. The molecule has 2 fully saturated rings. The van der Waals surface area contributed by atoms with Gasteiger partial charge in [0.15, 0.2) is 0 Å². The second-order valence-electron chi connectivity index (χ2n) is 5.17. The third kappa shape index (κ3) is 3.40. The van der Waals surface area contributed by atoms with Crippen LogP contribution in [0.1, 0.15) is 25.7 Å². The lowest BCUT2D eigenvalue weighted by Gasteiger charge is -2.40. The predicted octanol–water partition coefficient (Wildman–Crippen LogP) is -0.133. The van der Waals surface area contributed by atoms with Crippen LogP contribution in [0.5, 0.6) is 0 Å². The van der Waals surface area contributed by atoms with Gasteiger partial charge in [0.2, 0.25) is 10.0 Å². The molecule has 5 nitrogen and oxygen atoms in total. The van der Waals surface area contributed by atoms with Crippen LogP contribution in [0.15, 0.2) is 0 Å². The standard InChI is InChI=1S/C11H22N2O3S/c1-17(15,16)13-7-5-12(6-8-13)10-3-2-4-11(14)9-10/h10-11,14H,2-9H2,1H3. The Kier molecular flexibility index (Phi) is 4.07. The zero-order valence-corrected chi connectivity index (χ0v) is 11.2. The van der Waals surface area contributed by atoms with E-state index in [4.69, 9.17) is 0 Å². The number of sulfonamides is 1. The van der Waals surface area contributed by atoms with E-state index in [0.29, 0.717) is 19.1 Å². The maximum atomic E-state index is 11.4. The van der Waals surface area contributed by atoms with Crippen molar-refractivity contribution in [2.24, 2.45) is 0 Å². The van der Waals surface area contributed by atoms with E-state index >= 15 is 0 Å². The summed E-state index contributed by atoms with van der Waals surface area (Å²) in [5.41, 5.74) is 0. The Morgan fingerprint density at radius 2 is 1.76 bits per heavy atom. The number of nitrogens with zero attached hydrogens (tertiary/aromatic N) is 2. The molecule has 2 unspecified atom stereocenters. The van der Waals surface area contributed by atoms with Crippen molar-refractivity contribution in [1.82, 2.24) is 9.21 Å². The molecule has 1 saturated carbocycles. The fraction of sp³-hybridized carbons (Fsp3) is 1.00. The maximum absolute atomic E-state index is 11.4. The highest BCUT2D eigenvalue weighted by Gasteiger charge is 2.30. The Bertz CT molecular complexity index is 350. The minimum atomic E-state index is -3.03. The van der Waals surface area contributed by atoms with Gasteiger partial charge in [-0.15, -0.1) is 0 Å². The third-order valence-corrected chi connectivity index (χ3v) is 5.18. The molecule has 0 amide bonds. The van der Waals surface area contributed by atoms with Gasteiger partial charge in [0.1, 0.15) is 0 Å². The summed E-state index contributed by atoms with van der Waals surface area (Å²) in [6.45, 7) is 2.77. The highest BCUT2D eigenvalue weighted by Crippen LogP contribution is 2.24. The average molecular weight is 262 g/mol. The second kappa shape index (κ2) is 5.22. The molecule has 0 spiro atoms. The van der Waals surface area contributed by atoms with Gasteiger partial charge in [0, 0.05) is 32.2 Å². The fourth-order valence-electron chi connectivity index (χ4n) is 2.87. The van der Waals surface area contributed by atoms with Crippen LogP contribution in [0.4, 0.5) is 0 Å². The zero-order valence-electron chi connectivity index (χ0n) is 10.4. The SMILES string of the molecule is CS(=O)(=O)N1CCN(C2CCCC(O)C2)CC1. The number of hydrogen-bond donors (Lipinski definition) is 1. The van der Waals surface area contributed by atoms with E-state index in [0.717, 1.165) is 38.8 Å². The first-order chi connectivity index (χ1) is 7.97. The first-order valence-corrected chi connectivity index (χ1v) is 8.19. The minimum absolute atomic E-state index is 0.165. The Balaban J connectivity index is 1.86. The quantitative estimate of drug-likeness (QED) is 0.753. The Morgan fingerprint density at radius 1 is 1.12 bits per heavy atom. The molecule has 0 bridgehead atoms. The van der Waals surface area contributed by atoms with E-state index in [9.17, 15) is 13.5 Å². The van der Waals surface area contributed by atoms with Gasteiger partial charge in [0.05, 0.1) is 12.4 Å². The van der Waals surface area contributed by atoms with Gasteiger partial charge >= 0.3 is 0 Å². The molecule has 1 heterocycles. The van der Waals surface area contributed by atoms with Crippen molar-refractivity contribution in [2.75, 3.05) is 32.4 Å². The third-order valence-electron chi connectivity index (χ3n) is 3.88. The first kappa shape index (κ1) is 13.3. The average Bonchev–Trinajstić information content (AvgIpc) is 2.28. The summed E-state index contributed by atoms with van der Waals surface area (Å²) >= 11 is 0. The molecular weight excluding hydrogens is 240 g/mol. The van der Waals surface area contributed by atoms with Gasteiger partial charge in [0.25, 0.3) is 0 Å². The highest BCUT2D eigenvalue weighted by atomic mass is 32.2. The van der Waals surface area contributed by atoms with Crippen molar-refractivity contribution in [3.63, 3.8) is 0 Å². The molecule has 1 N–H and O–H groups in total. The molecule has 0 radical (unpaired) electrons. The lowest BCUT2D eigenvalue weighted by Crippen LogP contribution is -2.52. The number of aliphatic hydroxyl groups excluding tert-OH is 1. The Hall–Kier alpha value is -0.170. The molecule has 1 aliphatic heterocycles. The van der Waals surface area contributed by atoms with E-state index in [1.807, 2.05) is 0 Å². The van der Waals surface area contributed by atoms with Crippen LogP contribution < -0.4 is 0 Å². The number of piperazine rings is 1. The Morgan fingerprint density at radius 3 is 2.29 bits per heavy atom. The smallest absolute Gasteiger partial charge is 0.211 e. The predicted molar refractivity (Wildman–Crippen MR) is 66.3 cm³/mol. The van der Waals surface area contributed by atoms with Crippen molar-refractivity contribution in [3.05, 3.63) is 0 Å². The second-order valence-corrected chi connectivity index (χ2v) is 7.15. The van der Waals surface area contributed by atoms with Crippen LogP contribution in [-0.2, 0) is 10.0 Å². The summed E-state index contributed by atoms with van der Waals surface area (Å²) in [7, 11) is -3.03. The molecule has 2 rings (SSSR count). The normalized spacial score (nSPS) is 33.8. The van der Waals surface area contributed by atoms with Crippen LogP contribution in [0.3, 0.4) is 0 Å². The van der Waals surface area contributed by atoms with E-state index in [1.54, 1.807) is 4.31 Å². The molecule has 0 aromatic rings. The van der Waals surface area contributed by atoms with Gasteiger partial charge in [-0.2, -0.15) is 4.31 Å². The lowest BCUT2D eigenvalue weighted by atomic mass is 9.91. The topological polar surface area (TPSA) is 60.9 Å². The van der Waals surface area contributed by atoms with Crippen LogP contribution in [0.2, 0.25) is 0 Å². The molecule has 6 heteroatoms. The molecule has 2 atom stereocenters. The molecule has 17 heavy (non-hydrogen) atoms. The number of rotatable bonds is 2. The highest BCUT2D eigenvalue weighted by molar-refractivity contribution is 7.88. The molecule has 2 aliphatic rings. The van der Waals surface area contributed by atoms with Crippen LogP contribution in [0, 0.1) is 0 Å². The van der Waals surface area contributed by atoms with Crippen LogP contribution >= 0.6 is 0 Å². The van der Waals surface area contributed by atoms with Crippen molar-refractivity contribution >= 4 is 10.0 Å². The fourth-order valence-corrected chi connectivity index (χ4v) is 3.70. The van der Waals surface area contributed by atoms with Gasteiger partial charge in [-0.25, -0.2) is 8.42 Å². The summed E-state index contributed by atoms with van der Waals surface area (Å²) in [5.74, 6) is 0. The van der Waals surface area contributed by atoms with E-state index in [-0.39, 0.29) is 6.10 Å². The molecular formula is C11H22N2O3S. The number of aliphatic hydroxyl groups is 1. The van der Waals surface area contributed by atoms with Crippen molar-refractivity contribution < 1.29 is 13.5 Å². The Labute approximate surface area is 103 Å². The molecule has 1 aliphatic carbocycles. The van der Waals surface area contributed by atoms with Gasteiger partial charge in [-0.1, -0.05) is 0 Å². The summed E-state index contributed by atoms with van der Waals surface area (Å²) < 4.78 is 24.3. The van der Waals surface area contributed by atoms with Crippen molar-refractivity contribution in [1.29, 1.82) is 0 Å². The molecule has 0 aromatic carbocycles.